The van der Waals surface area contributed by atoms with Gasteiger partial charge in [0.1, 0.15) is 29.2 Å². The quantitative estimate of drug-likeness (QED) is 0.0121. The molecule has 1 aliphatic heterocycles. The number of hydrogen-bond acceptors (Lipinski definition) is 12. The lowest BCUT2D eigenvalue weighted by Gasteiger charge is -2.34. The minimum absolute atomic E-state index is 0.00569. The number of unbranched alkanes of at least 4 members (excludes halogenated alkanes) is 1. The van der Waals surface area contributed by atoms with Crippen LogP contribution >= 0.6 is 29.4 Å². The van der Waals surface area contributed by atoms with Crippen molar-refractivity contribution in [1.82, 2.24) is 4.67 Å². The fourth-order valence-corrected chi connectivity index (χ4v) is 10.1. The number of aliphatic hydroxyl groups is 1. The van der Waals surface area contributed by atoms with Crippen LogP contribution in [0.2, 0.25) is 0 Å². The summed E-state index contributed by atoms with van der Waals surface area (Å²) in [6.45, 7) is 4.64. The molecule has 0 aromatic heterocycles. The maximum Gasteiger partial charge on any atom is 0.347 e. The normalized spacial score (nSPS) is 14.9. The second-order valence-corrected chi connectivity index (χ2v) is 20.3. The number of methoxy groups -OCH3 is 1. The highest BCUT2D eigenvalue weighted by atomic mass is 32.9. The molecule has 4 aromatic carbocycles. The van der Waals surface area contributed by atoms with Crippen LogP contribution in [-0.4, -0.2) is 86.4 Å². The number of aldehydes is 1. The number of anilines is 1. The third-order valence-corrected chi connectivity index (χ3v) is 15.0. The van der Waals surface area contributed by atoms with E-state index in [-0.39, 0.29) is 30.3 Å². The lowest BCUT2D eigenvalue weighted by molar-refractivity contribution is -0.757. The molecule has 0 spiro atoms. The number of carbonyl (C=O) groups excluding carboxylic acids is 3. The van der Waals surface area contributed by atoms with E-state index in [9.17, 15) is 28.9 Å². The molecule has 1 unspecified atom stereocenters. The van der Waals surface area contributed by atoms with Crippen molar-refractivity contribution in [3.05, 3.63) is 129 Å². The second-order valence-electron chi connectivity index (χ2n) is 13.1. The molecule has 324 valence electrons. The van der Waals surface area contributed by atoms with Gasteiger partial charge in [0.15, 0.2) is 0 Å². The molecule has 1 amide bonds. The van der Waals surface area contributed by atoms with Gasteiger partial charge in [0.05, 0.1) is 38.7 Å². The van der Waals surface area contributed by atoms with E-state index in [1.54, 1.807) is 42.1 Å². The number of morpholine rings is 1. The number of nitrogens with one attached hydrogen (secondary N) is 1. The number of allylic oxidation sites excluding steroid dienone is 2. The number of benzene rings is 4. The Kier molecular flexibility index (Phi) is 19.2. The van der Waals surface area contributed by atoms with Gasteiger partial charge in [0.2, 0.25) is 5.91 Å². The lowest BCUT2D eigenvalue weighted by Crippen LogP contribution is -2.35. The third-order valence-electron chi connectivity index (χ3n) is 9.34. The summed E-state index contributed by atoms with van der Waals surface area (Å²) in [5.74, 6) is -0.715. The molecule has 2 N–H and O–H groups in total. The molecule has 1 atom stereocenters. The van der Waals surface area contributed by atoms with E-state index in [0.29, 0.717) is 55.1 Å². The van der Waals surface area contributed by atoms with Gasteiger partial charge in [0, 0.05) is 42.5 Å². The summed E-state index contributed by atoms with van der Waals surface area (Å²) in [4.78, 5) is 51.0. The van der Waals surface area contributed by atoms with Crippen LogP contribution in [0.4, 0.5) is 10.1 Å². The van der Waals surface area contributed by atoms with Crippen molar-refractivity contribution in [2.75, 3.05) is 58.7 Å². The predicted octanol–water partition coefficient (Wildman–Crippen LogP) is 8.11. The number of thiol groups is 1. The van der Waals surface area contributed by atoms with Gasteiger partial charge in [-0.1, -0.05) is 30.0 Å². The number of hydrogen-bond donors (Lipinski definition) is 3. The zero-order valence-electron chi connectivity index (χ0n) is 34.0. The van der Waals surface area contributed by atoms with E-state index in [1.807, 2.05) is 37.4 Å². The first-order valence-electron chi connectivity index (χ1n) is 18.8. The molecular formula is C43H47FN3O10PS3. The number of rotatable bonds is 15. The first-order chi connectivity index (χ1) is 29.3. The summed E-state index contributed by atoms with van der Waals surface area (Å²) >= 11 is 12.4. The van der Waals surface area contributed by atoms with E-state index in [4.69, 9.17) is 43.4 Å². The zero-order chi connectivity index (χ0) is 44.5. The topological polar surface area (TPSA) is 167 Å². The largest absolute Gasteiger partial charge is 0.496 e. The van der Waals surface area contributed by atoms with Crippen molar-refractivity contribution >= 4 is 87.6 Å². The number of thioether (sulfide) groups is 1. The van der Waals surface area contributed by atoms with E-state index in [2.05, 4.69) is 33.0 Å². The molecule has 0 saturated carbocycles. The van der Waals surface area contributed by atoms with Gasteiger partial charge in [-0.15, -0.1) is 34.1 Å². The lowest BCUT2D eigenvalue weighted by atomic mass is 10.0. The van der Waals surface area contributed by atoms with Crippen molar-refractivity contribution in [3.63, 3.8) is 0 Å². The summed E-state index contributed by atoms with van der Waals surface area (Å²) in [5, 5.41) is 17.1. The van der Waals surface area contributed by atoms with Crippen molar-refractivity contribution in [3.8, 4) is 11.5 Å². The van der Waals surface area contributed by atoms with Gasteiger partial charge in [-0.05, 0) is 126 Å². The van der Waals surface area contributed by atoms with E-state index in [0.717, 1.165) is 58.2 Å². The van der Waals surface area contributed by atoms with Crippen LogP contribution in [-0.2, 0) is 31.0 Å². The average molecular weight is 912 g/mol. The van der Waals surface area contributed by atoms with Crippen molar-refractivity contribution in [2.24, 2.45) is 0 Å². The van der Waals surface area contributed by atoms with Gasteiger partial charge >= 0.3 is 5.97 Å². The number of fused-ring (bicyclic) bond motifs is 1. The van der Waals surface area contributed by atoms with E-state index < -0.39 is 16.4 Å². The Balaban J connectivity index is 0.000000662. The highest BCUT2D eigenvalue weighted by Gasteiger charge is 2.28. The fourth-order valence-electron chi connectivity index (χ4n) is 6.32. The molecule has 61 heavy (non-hydrogen) atoms. The van der Waals surface area contributed by atoms with Crippen molar-refractivity contribution in [2.45, 2.75) is 31.1 Å². The Morgan fingerprint density at radius 3 is 2.36 bits per heavy atom. The summed E-state index contributed by atoms with van der Waals surface area (Å²) in [5.41, 5.74) is 5.68. The standard InChI is InChI=1S/C38H36FN2O5PS3.C4H7NO4.CH4O/c1-24-32(20-25-4-12-30(50-3)13-5-25)31-14-6-26(39)21-34(31)33(24)23-37(42)40-27-7-15-36(44-2)35(22-27)38(43)46-28-8-10-29(11-9-28)47(48,49)41-16-18-45-19-17-41;6-3-1-2-4-9-5(7)8;1-2/h4-15,20-22H,16-19,23H2,1-3H3,(H,40,42)(H,48,49);3H,1-2,4H2;2H,1H3/b32-20-;;. The number of nitrogens with zero attached hydrogens (tertiary/aromatic N) is 2. The molecule has 1 saturated heterocycles. The molecule has 1 heterocycles. The molecule has 6 rings (SSSR count). The molecule has 1 aliphatic carbocycles. The van der Waals surface area contributed by atoms with Gasteiger partial charge in [-0.25, -0.2) is 9.18 Å². The van der Waals surface area contributed by atoms with Crippen LogP contribution < -0.4 is 20.1 Å². The highest BCUT2D eigenvalue weighted by Crippen LogP contribution is 2.53. The smallest absolute Gasteiger partial charge is 0.347 e. The zero-order valence-corrected chi connectivity index (χ0v) is 37.4. The third kappa shape index (κ3) is 13.6. The minimum Gasteiger partial charge on any atom is -0.496 e. The predicted molar refractivity (Wildman–Crippen MR) is 244 cm³/mol. The Bertz CT molecular complexity index is 2290. The van der Waals surface area contributed by atoms with Crippen LogP contribution in [0.5, 0.6) is 11.5 Å². The second kappa shape index (κ2) is 23.9. The van der Waals surface area contributed by atoms with Crippen molar-refractivity contribution < 1.29 is 48.0 Å². The molecular weight excluding hydrogens is 865 g/mol. The Labute approximate surface area is 368 Å². The maximum absolute atomic E-state index is 14.5. The van der Waals surface area contributed by atoms with Gasteiger partial charge in [-0.2, -0.15) is 0 Å². The van der Waals surface area contributed by atoms with Gasteiger partial charge in [-0.3, -0.25) is 9.46 Å². The number of halogens is 1. The van der Waals surface area contributed by atoms with Crippen LogP contribution in [0.3, 0.4) is 0 Å². The highest BCUT2D eigenvalue weighted by molar-refractivity contribution is 8.65. The molecule has 1 fully saturated rings. The molecule has 0 bridgehead atoms. The van der Waals surface area contributed by atoms with E-state index in [1.165, 1.54) is 25.3 Å². The fraction of sp³-hybridized carbons (Fsp3) is 0.279. The average Bonchev–Trinajstić information content (AvgIpc) is 3.51. The molecule has 0 radical (unpaired) electrons. The van der Waals surface area contributed by atoms with Gasteiger partial charge in [0.25, 0.3) is 5.09 Å². The minimum atomic E-state index is -2.27. The maximum atomic E-state index is 14.5. The number of amides is 1. The first kappa shape index (κ1) is 48.8. The number of ether oxygens (including phenoxy) is 3. The number of carbonyl (C=O) groups is 3. The van der Waals surface area contributed by atoms with Crippen LogP contribution in [0.1, 0.15) is 53.2 Å². The Morgan fingerprint density at radius 1 is 1.05 bits per heavy atom. The van der Waals surface area contributed by atoms with Crippen molar-refractivity contribution in [1.29, 1.82) is 0 Å². The van der Waals surface area contributed by atoms with E-state index >= 15 is 0 Å². The summed E-state index contributed by atoms with van der Waals surface area (Å²) in [6, 6.07) is 24.7. The monoisotopic (exact) mass is 911 g/mol. The number of aliphatic hydroxyl groups excluding tert-OH is 1. The summed E-state index contributed by atoms with van der Waals surface area (Å²) in [6.07, 6.45) is 5.52. The Morgan fingerprint density at radius 2 is 1.74 bits per heavy atom. The van der Waals surface area contributed by atoms with Crippen LogP contribution in [0, 0.1) is 15.9 Å². The molecule has 4 aromatic rings. The van der Waals surface area contributed by atoms with Crippen LogP contribution in [0.25, 0.3) is 17.2 Å². The molecule has 18 heteroatoms. The first-order valence-corrected chi connectivity index (χ1v) is 24.0. The summed E-state index contributed by atoms with van der Waals surface area (Å²) in [7, 11) is 2.46. The Hall–Kier alpha value is -4.87. The number of esters is 1. The molecule has 13 nitrogen and oxygen atoms in total. The summed E-state index contributed by atoms with van der Waals surface area (Å²) < 4.78 is 33.2. The SMILES string of the molecule is CO.COc1ccc(NC(=O)CC2=C(C)/C(=C/c3ccc(SC)cc3)c3ccc(F)cc32)cc1C(=O)Oc1ccc(P(=S)(S)N2CCOCC2)cc1.O=CCCCO[N+](=O)[O-]. The van der Waals surface area contributed by atoms with Gasteiger partial charge < -0.3 is 34.3 Å². The van der Waals surface area contributed by atoms with Crippen LogP contribution in [0.15, 0.2) is 95.4 Å². The molecule has 2 aliphatic rings.